The standard InChI is InChI=1S/C18H18N2O4/c1-2-23-17(21)16-11-10-15(24-16)13-20-18(22)19-12-6-9-14-7-4-3-5-8-14/h3-5,7-8,10-11H,2,12-13H2,1H3,(H2,19,20,22). The molecule has 0 atom stereocenters. The first kappa shape index (κ1) is 17.2. The van der Waals surface area contributed by atoms with Crippen molar-refractivity contribution in [3.8, 4) is 11.8 Å². The van der Waals surface area contributed by atoms with Crippen LogP contribution in [0, 0.1) is 11.8 Å². The molecule has 0 saturated heterocycles. The van der Waals surface area contributed by atoms with Crippen LogP contribution in [0.5, 0.6) is 0 Å². The monoisotopic (exact) mass is 326 g/mol. The molecule has 124 valence electrons. The molecule has 0 aliphatic carbocycles. The largest absolute Gasteiger partial charge is 0.460 e. The van der Waals surface area contributed by atoms with Crippen molar-refractivity contribution in [1.82, 2.24) is 10.6 Å². The number of hydrogen-bond donors (Lipinski definition) is 2. The zero-order chi connectivity index (χ0) is 17.2. The number of hydrogen-bond acceptors (Lipinski definition) is 4. The summed E-state index contributed by atoms with van der Waals surface area (Å²) in [6.45, 7) is 2.39. The zero-order valence-corrected chi connectivity index (χ0v) is 13.3. The summed E-state index contributed by atoms with van der Waals surface area (Å²) in [6.07, 6.45) is 0. The van der Waals surface area contributed by atoms with E-state index >= 15 is 0 Å². The van der Waals surface area contributed by atoms with Crippen molar-refractivity contribution >= 4 is 12.0 Å². The fourth-order valence-corrected chi connectivity index (χ4v) is 1.81. The van der Waals surface area contributed by atoms with Crippen molar-refractivity contribution in [3.63, 3.8) is 0 Å². The van der Waals surface area contributed by atoms with Crippen LogP contribution in [0.1, 0.15) is 28.8 Å². The van der Waals surface area contributed by atoms with Gasteiger partial charge in [-0.05, 0) is 31.2 Å². The van der Waals surface area contributed by atoms with Crippen LogP contribution in [0.4, 0.5) is 4.79 Å². The fourth-order valence-electron chi connectivity index (χ4n) is 1.81. The van der Waals surface area contributed by atoms with Crippen molar-refractivity contribution in [2.45, 2.75) is 13.5 Å². The highest BCUT2D eigenvalue weighted by atomic mass is 16.5. The molecule has 0 aliphatic heterocycles. The van der Waals surface area contributed by atoms with Gasteiger partial charge in [-0.25, -0.2) is 9.59 Å². The molecular formula is C18H18N2O4. The number of amides is 2. The van der Waals surface area contributed by atoms with Gasteiger partial charge in [-0.1, -0.05) is 30.0 Å². The first-order chi connectivity index (χ1) is 11.7. The Bertz CT molecular complexity index is 741. The van der Waals surface area contributed by atoms with Crippen LogP contribution in [0.3, 0.4) is 0 Å². The van der Waals surface area contributed by atoms with E-state index < -0.39 is 5.97 Å². The van der Waals surface area contributed by atoms with Crippen molar-refractivity contribution in [2.75, 3.05) is 13.2 Å². The van der Waals surface area contributed by atoms with E-state index in [-0.39, 0.29) is 31.5 Å². The van der Waals surface area contributed by atoms with Crippen molar-refractivity contribution < 1.29 is 18.7 Å². The van der Waals surface area contributed by atoms with Gasteiger partial charge >= 0.3 is 12.0 Å². The third-order valence-corrected chi connectivity index (χ3v) is 2.91. The lowest BCUT2D eigenvalue weighted by molar-refractivity contribution is 0.0488. The second kappa shape index (κ2) is 9.06. The molecule has 0 fully saturated rings. The number of nitrogens with one attached hydrogen (secondary N) is 2. The van der Waals surface area contributed by atoms with Crippen molar-refractivity contribution in [3.05, 3.63) is 59.5 Å². The number of furan rings is 1. The molecular weight excluding hydrogens is 308 g/mol. The molecule has 0 radical (unpaired) electrons. The Kier molecular flexibility index (Phi) is 6.47. The molecule has 2 N–H and O–H groups in total. The molecule has 2 rings (SSSR count). The molecule has 1 heterocycles. The van der Waals surface area contributed by atoms with Gasteiger partial charge in [-0.15, -0.1) is 0 Å². The van der Waals surface area contributed by atoms with Crippen LogP contribution >= 0.6 is 0 Å². The summed E-state index contributed by atoms with van der Waals surface area (Å²) in [7, 11) is 0. The van der Waals surface area contributed by atoms with Crippen LogP contribution in [0.25, 0.3) is 0 Å². The van der Waals surface area contributed by atoms with Gasteiger partial charge < -0.3 is 19.8 Å². The lowest BCUT2D eigenvalue weighted by Gasteiger charge is -2.03. The van der Waals surface area contributed by atoms with Gasteiger partial charge in [0.25, 0.3) is 0 Å². The molecule has 0 aliphatic rings. The van der Waals surface area contributed by atoms with E-state index in [1.807, 2.05) is 30.3 Å². The van der Waals surface area contributed by atoms with Crippen LogP contribution in [-0.4, -0.2) is 25.2 Å². The number of carbonyl (C=O) groups is 2. The summed E-state index contributed by atoms with van der Waals surface area (Å²) >= 11 is 0. The molecule has 0 spiro atoms. The molecule has 24 heavy (non-hydrogen) atoms. The lowest BCUT2D eigenvalue weighted by atomic mass is 10.2. The number of rotatable bonds is 5. The molecule has 6 nitrogen and oxygen atoms in total. The smallest absolute Gasteiger partial charge is 0.374 e. The van der Waals surface area contributed by atoms with Gasteiger partial charge in [0.2, 0.25) is 5.76 Å². The summed E-state index contributed by atoms with van der Waals surface area (Å²) < 4.78 is 10.1. The average molecular weight is 326 g/mol. The van der Waals surface area contributed by atoms with Crippen LogP contribution in [0.15, 0.2) is 46.9 Å². The molecule has 2 amide bonds. The SMILES string of the molecule is CCOC(=O)c1ccc(CNC(=O)NCC#Cc2ccccc2)o1. The van der Waals surface area contributed by atoms with Gasteiger partial charge in [-0.3, -0.25) is 0 Å². The highest BCUT2D eigenvalue weighted by molar-refractivity contribution is 5.86. The molecule has 0 bridgehead atoms. The second-order valence-electron chi connectivity index (χ2n) is 4.69. The van der Waals surface area contributed by atoms with Crippen molar-refractivity contribution in [2.24, 2.45) is 0 Å². The number of carbonyl (C=O) groups excluding carboxylic acids is 2. The minimum atomic E-state index is -0.524. The Morgan fingerprint density at radius 2 is 1.92 bits per heavy atom. The first-order valence-electron chi connectivity index (χ1n) is 7.50. The maximum absolute atomic E-state index is 11.6. The van der Waals surface area contributed by atoms with E-state index in [1.54, 1.807) is 13.0 Å². The Hall–Kier alpha value is -3.20. The lowest BCUT2D eigenvalue weighted by Crippen LogP contribution is -2.35. The normalized spacial score (nSPS) is 9.54. The van der Waals surface area contributed by atoms with Crippen molar-refractivity contribution in [1.29, 1.82) is 0 Å². The Morgan fingerprint density at radius 3 is 2.67 bits per heavy atom. The minimum absolute atomic E-state index is 0.114. The van der Waals surface area contributed by atoms with E-state index in [0.29, 0.717) is 5.76 Å². The predicted molar refractivity (Wildman–Crippen MR) is 88.2 cm³/mol. The van der Waals surface area contributed by atoms with Gasteiger partial charge in [0.15, 0.2) is 0 Å². The molecule has 6 heteroatoms. The van der Waals surface area contributed by atoms with E-state index in [0.717, 1.165) is 5.56 Å². The highest BCUT2D eigenvalue weighted by Gasteiger charge is 2.12. The van der Waals surface area contributed by atoms with Crippen LogP contribution in [-0.2, 0) is 11.3 Å². The summed E-state index contributed by atoms with van der Waals surface area (Å²) in [5, 5.41) is 5.23. The minimum Gasteiger partial charge on any atom is -0.460 e. The van der Waals surface area contributed by atoms with E-state index in [2.05, 4.69) is 22.5 Å². The van der Waals surface area contributed by atoms with E-state index in [1.165, 1.54) is 6.07 Å². The first-order valence-corrected chi connectivity index (χ1v) is 7.50. The van der Waals surface area contributed by atoms with Gasteiger partial charge in [0, 0.05) is 5.56 Å². The highest BCUT2D eigenvalue weighted by Crippen LogP contribution is 2.09. The molecule has 1 aromatic carbocycles. The summed E-state index contributed by atoms with van der Waals surface area (Å²) in [5.41, 5.74) is 0.891. The van der Waals surface area contributed by atoms with Gasteiger partial charge in [0.1, 0.15) is 5.76 Å². The average Bonchev–Trinajstić information content (AvgIpc) is 3.07. The molecule has 0 saturated carbocycles. The summed E-state index contributed by atoms with van der Waals surface area (Å²) in [4.78, 5) is 23.1. The third-order valence-electron chi connectivity index (χ3n) is 2.91. The third kappa shape index (κ3) is 5.54. The summed E-state index contributed by atoms with van der Waals surface area (Å²) in [6, 6.07) is 12.3. The quantitative estimate of drug-likeness (QED) is 0.653. The number of ether oxygens (including phenoxy) is 1. The van der Waals surface area contributed by atoms with Crippen LogP contribution in [0.2, 0.25) is 0 Å². The van der Waals surface area contributed by atoms with Crippen LogP contribution < -0.4 is 10.6 Å². The van der Waals surface area contributed by atoms with Gasteiger partial charge in [0.05, 0.1) is 19.7 Å². The second-order valence-corrected chi connectivity index (χ2v) is 4.69. The topological polar surface area (TPSA) is 80.6 Å². The zero-order valence-electron chi connectivity index (χ0n) is 13.3. The maximum Gasteiger partial charge on any atom is 0.374 e. The van der Waals surface area contributed by atoms with E-state index in [4.69, 9.17) is 9.15 Å². The molecule has 2 aromatic rings. The fraction of sp³-hybridized carbons (Fsp3) is 0.222. The number of urea groups is 1. The van der Waals surface area contributed by atoms with E-state index in [9.17, 15) is 9.59 Å². The predicted octanol–water partition coefficient (Wildman–Crippen LogP) is 2.31. The molecule has 1 aromatic heterocycles. The number of benzene rings is 1. The molecule has 0 unspecified atom stereocenters. The number of esters is 1. The Morgan fingerprint density at radius 1 is 1.12 bits per heavy atom. The summed E-state index contributed by atoms with van der Waals surface area (Å²) in [5.74, 6) is 5.85. The Labute approximate surface area is 140 Å². The Balaban J connectivity index is 1.72. The maximum atomic E-state index is 11.6. The van der Waals surface area contributed by atoms with Gasteiger partial charge in [-0.2, -0.15) is 0 Å².